The lowest BCUT2D eigenvalue weighted by Crippen LogP contribution is -1.96. The summed E-state index contributed by atoms with van der Waals surface area (Å²) in [7, 11) is 0.327. The van der Waals surface area contributed by atoms with Crippen molar-refractivity contribution < 1.29 is 0 Å². The Labute approximate surface area is 60.8 Å². The number of hydrogen-bond acceptors (Lipinski definition) is 0. The molecule has 0 nitrogen and oxygen atoms in total. The molecule has 1 heteroatoms. The van der Waals surface area contributed by atoms with Gasteiger partial charge in [-0.05, 0) is 25.4 Å². The van der Waals surface area contributed by atoms with Crippen molar-refractivity contribution >= 4 is 7.92 Å². The summed E-state index contributed by atoms with van der Waals surface area (Å²) in [4.78, 5) is 0. The lowest BCUT2D eigenvalue weighted by Gasteiger charge is -2.14. The van der Waals surface area contributed by atoms with E-state index in [0.29, 0.717) is 7.92 Å². The molecule has 0 aromatic heterocycles. The molecule has 0 bridgehead atoms. The molecule has 0 rings (SSSR count). The first-order valence-electron chi connectivity index (χ1n) is 3.85. The van der Waals surface area contributed by atoms with Crippen molar-refractivity contribution in [1.29, 1.82) is 0 Å². The van der Waals surface area contributed by atoms with Crippen LogP contribution < -0.4 is 0 Å². The lowest BCUT2D eigenvalue weighted by atomic mass is 10.2. The Morgan fingerprint density at radius 2 is 1.89 bits per heavy atom. The summed E-state index contributed by atoms with van der Waals surface area (Å²) in [5, 5.41) is 0. The second-order valence-electron chi connectivity index (χ2n) is 2.95. The molecule has 0 N–H and O–H groups in total. The molecule has 0 saturated carbocycles. The third-order valence-corrected chi connectivity index (χ3v) is 3.88. The van der Waals surface area contributed by atoms with Crippen LogP contribution in [0.1, 0.15) is 33.1 Å². The molecule has 0 aliphatic carbocycles. The average Bonchev–Trinajstić information content (AvgIpc) is 1.82. The van der Waals surface area contributed by atoms with Gasteiger partial charge in [-0.2, -0.15) is 0 Å². The first-order valence-corrected chi connectivity index (χ1v) is 6.15. The normalized spacial score (nSPS) is 14.3. The van der Waals surface area contributed by atoms with Crippen molar-refractivity contribution in [2.45, 2.75) is 38.8 Å². The van der Waals surface area contributed by atoms with Gasteiger partial charge in [0.25, 0.3) is 0 Å². The van der Waals surface area contributed by atoms with Crippen molar-refractivity contribution in [3.05, 3.63) is 0 Å². The fourth-order valence-electron chi connectivity index (χ4n) is 0.758. The van der Waals surface area contributed by atoms with E-state index in [-0.39, 0.29) is 0 Å². The predicted octanol–water partition coefficient (Wildman–Crippen LogP) is 3.31. The van der Waals surface area contributed by atoms with Gasteiger partial charge in [0.15, 0.2) is 0 Å². The molecule has 0 aliphatic heterocycles. The maximum Gasteiger partial charge on any atom is -0.0243 e. The van der Waals surface area contributed by atoms with Crippen LogP contribution in [0.15, 0.2) is 0 Å². The molecule has 0 radical (unpaired) electrons. The van der Waals surface area contributed by atoms with Crippen LogP contribution in [-0.4, -0.2) is 19.0 Å². The molecular weight excluding hydrogens is 127 g/mol. The Bertz CT molecular complexity index is 59.6. The highest BCUT2D eigenvalue weighted by Crippen LogP contribution is 2.34. The Kier molecular flexibility index (Phi) is 5.48. The Balaban J connectivity index is 3.16. The van der Waals surface area contributed by atoms with Crippen LogP contribution in [0, 0.1) is 0 Å². The Hall–Kier alpha value is 0.430. The third kappa shape index (κ3) is 4.90. The minimum atomic E-state index is 0.327. The summed E-state index contributed by atoms with van der Waals surface area (Å²) < 4.78 is 0. The summed E-state index contributed by atoms with van der Waals surface area (Å²) in [6.07, 6.45) is 4.21. The summed E-state index contributed by atoms with van der Waals surface area (Å²) >= 11 is 0. The van der Waals surface area contributed by atoms with E-state index in [4.69, 9.17) is 0 Å². The second-order valence-corrected chi connectivity index (χ2v) is 5.76. The van der Waals surface area contributed by atoms with Crippen molar-refractivity contribution in [3.63, 3.8) is 0 Å². The first kappa shape index (κ1) is 9.43. The third-order valence-electron chi connectivity index (χ3n) is 1.86. The first-order chi connectivity index (χ1) is 4.18. The van der Waals surface area contributed by atoms with E-state index in [1.807, 2.05) is 0 Å². The molecule has 0 saturated heterocycles. The van der Waals surface area contributed by atoms with Crippen molar-refractivity contribution in [2.24, 2.45) is 0 Å². The van der Waals surface area contributed by atoms with Crippen molar-refractivity contribution in [1.82, 2.24) is 0 Å². The largest absolute Gasteiger partial charge is 0.110 e. The van der Waals surface area contributed by atoms with Crippen LogP contribution in [0.2, 0.25) is 0 Å². The predicted molar refractivity (Wildman–Crippen MR) is 47.8 cm³/mol. The quantitative estimate of drug-likeness (QED) is 0.534. The van der Waals surface area contributed by atoms with Gasteiger partial charge in [-0.1, -0.05) is 26.7 Å². The van der Waals surface area contributed by atoms with E-state index in [1.54, 1.807) is 0 Å². The number of unbranched alkanes of at least 4 members (excludes halogenated alkanes) is 1. The lowest BCUT2D eigenvalue weighted by molar-refractivity contribution is 0.708. The maximum absolute atomic E-state index is 2.38. The highest BCUT2D eigenvalue weighted by atomic mass is 31.1. The van der Waals surface area contributed by atoms with E-state index in [9.17, 15) is 0 Å². The highest BCUT2D eigenvalue weighted by molar-refractivity contribution is 7.56. The van der Waals surface area contributed by atoms with Crippen LogP contribution in [0.3, 0.4) is 0 Å². The number of rotatable bonds is 4. The zero-order chi connectivity index (χ0) is 7.28. The molecule has 0 aromatic carbocycles. The molecule has 1 unspecified atom stereocenters. The van der Waals surface area contributed by atoms with Gasteiger partial charge in [0.05, 0.1) is 0 Å². The van der Waals surface area contributed by atoms with Crippen LogP contribution in [0.5, 0.6) is 0 Å². The van der Waals surface area contributed by atoms with Gasteiger partial charge in [-0.15, -0.1) is 7.92 Å². The summed E-state index contributed by atoms with van der Waals surface area (Å²) in [5.74, 6) is 0. The van der Waals surface area contributed by atoms with Gasteiger partial charge in [0.1, 0.15) is 0 Å². The summed E-state index contributed by atoms with van der Waals surface area (Å²) in [6.45, 7) is 9.38. The van der Waals surface area contributed by atoms with E-state index >= 15 is 0 Å². The van der Waals surface area contributed by atoms with Gasteiger partial charge in [0, 0.05) is 0 Å². The van der Waals surface area contributed by atoms with Gasteiger partial charge >= 0.3 is 0 Å². The van der Waals surface area contributed by atoms with Crippen LogP contribution in [-0.2, 0) is 0 Å². The Morgan fingerprint density at radius 1 is 1.33 bits per heavy atom. The smallest absolute Gasteiger partial charge is 0.0243 e. The Morgan fingerprint density at radius 3 is 2.22 bits per heavy atom. The molecule has 56 valence electrons. The molecule has 1 atom stereocenters. The molecule has 0 spiro atoms. The molecular formula is C8H19P. The number of hydrogen-bond donors (Lipinski definition) is 0. The molecule has 0 aromatic rings. The SMILES string of the molecule is CCCCC(C)P(C)C. The van der Waals surface area contributed by atoms with Crippen molar-refractivity contribution in [3.8, 4) is 0 Å². The average molecular weight is 146 g/mol. The fraction of sp³-hybridized carbons (Fsp3) is 1.00. The minimum absolute atomic E-state index is 0.327. The van der Waals surface area contributed by atoms with Crippen LogP contribution in [0.25, 0.3) is 0 Å². The zero-order valence-corrected chi connectivity index (χ0v) is 8.04. The van der Waals surface area contributed by atoms with Gasteiger partial charge in [-0.3, -0.25) is 0 Å². The van der Waals surface area contributed by atoms with Crippen LogP contribution in [0.4, 0.5) is 0 Å². The molecule has 0 fully saturated rings. The highest BCUT2D eigenvalue weighted by Gasteiger charge is 2.03. The standard InChI is InChI=1S/C8H19P/c1-5-6-7-8(2)9(3)4/h8H,5-7H2,1-4H3. The summed E-state index contributed by atoms with van der Waals surface area (Å²) in [6, 6.07) is 0. The maximum atomic E-state index is 2.38. The summed E-state index contributed by atoms with van der Waals surface area (Å²) in [5.41, 5.74) is 0.986. The zero-order valence-electron chi connectivity index (χ0n) is 7.15. The van der Waals surface area contributed by atoms with Gasteiger partial charge in [0.2, 0.25) is 0 Å². The molecule has 0 heterocycles. The van der Waals surface area contributed by atoms with Crippen molar-refractivity contribution in [2.75, 3.05) is 13.3 Å². The molecule has 0 aliphatic rings. The molecule has 0 amide bonds. The van der Waals surface area contributed by atoms with E-state index in [1.165, 1.54) is 19.3 Å². The minimum Gasteiger partial charge on any atom is -0.110 e. The fourth-order valence-corrected chi connectivity index (χ4v) is 1.46. The van der Waals surface area contributed by atoms with Gasteiger partial charge < -0.3 is 0 Å². The van der Waals surface area contributed by atoms with Gasteiger partial charge in [-0.25, -0.2) is 0 Å². The molecule has 9 heavy (non-hydrogen) atoms. The van der Waals surface area contributed by atoms with E-state index in [2.05, 4.69) is 27.2 Å². The van der Waals surface area contributed by atoms with E-state index < -0.39 is 0 Å². The second kappa shape index (κ2) is 5.23. The van der Waals surface area contributed by atoms with Crippen LogP contribution >= 0.6 is 7.92 Å². The topological polar surface area (TPSA) is 0 Å². The van der Waals surface area contributed by atoms with E-state index in [0.717, 1.165) is 5.66 Å². The monoisotopic (exact) mass is 146 g/mol.